The predicted octanol–water partition coefficient (Wildman–Crippen LogP) is 0.846. The number of carbonyl (C=O) groups is 2. The molecule has 1 aliphatic rings. The molecule has 1 saturated heterocycles. The zero-order chi connectivity index (χ0) is 16.1. The Labute approximate surface area is 125 Å². The Morgan fingerprint density at radius 2 is 2.05 bits per heavy atom. The van der Waals surface area contributed by atoms with Crippen molar-refractivity contribution in [2.24, 2.45) is 5.41 Å². The van der Waals surface area contributed by atoms with Crippen LogP contribution in [0.2, 0.25) is 0 Å². The second-order valence-corrected chi connectivity index (χ2v) is 7.50. The molecule has 1 N–H and O–H groups in total. The molecule has 0 bridgehead atoms. The van der Waals surface area contributed by atoms with Crippen molar-refractivity contribution in [1.82, 2.24) is 4.31 Å². The van der Waals surface area contributed by atoms with E-state index in [1.807, 2.05) is 6.92 Å². The maximum Gasteiger partial charge on any atom is 0.310 e. The van der Waals surface area contributed by atoms with Crippen LogP contribution in [0, 0.1) is 5.41 Å². The molecule has 1 heterocycles. The fraction of sp³-hybridized carbons (Fsp3) is 0.846. The fourth-order valence-electron chi connectivity index (χ4n) is 2.73. The number of rotatable bonds is 7. The van der Waals surface area contributed by atoms with Crippen molar-refractivity contribution in [3.8, 4) is 0 Å². The molecule has 8 heteroatoms. The van der Waals surface area contributed by atoms with Gasteiger partial charge in [-0.2, -0.15) is 0 Å². The molecular weight excluding hydrogens is 298 g/mol. The number of methoxy groups -OCH3 is 1. The third-order valence-corrected chi connectivity index (χ3v) is 5.73. The number of nitrogens with zero attached hydrogens (tertiary/aromatic N) is 1. The molecule has 1 atom stereocenters. The summed E-state index contributed by atoms with van der Waals surface area (Å²) >= 11 is 0. The lowest BCUT2D eigenvalue weighted by atomic mass is 9.77. The zero-order valence-corrected chi connectivity index (χ0v) is 13.3. The Kier molecular flexibility index (Phi) is 6.15. The lowest BCUT2D eigenvalue weighted by Gasteiger charge is -2.39. The summed E-state index contributed by atoms with van der Waals surface area (Å²) < 4.78 is 30.1. The van der Waals surface area contributed by atoms with E-state index < -0.39 is 27.4 Å². The Morgan fingerprint density at radius 3 is 2.57 bits per heavy atom. The number of hydrogen-bond donors (Lipinski definition) is 1. The van der Waals surface area contributed by atoms with Crippen LogP contribution in [0.5, 0.6) is 0 Å². The summed E-state index contributed by atoms with van der Waals surface area (Å²) in [7, 11) is -2.44. The highest BCUT2D eigenvalue weighted by molar-refractivity contribution is 7.89. The molecule has 1 unspecified atom stereocenters. The zero-order valence-electron chi connectivity index (χ0n) is 12.5. The number of aliphatic carboxylic acids is 1. The van der Waals surface area contributed by atoms with Gasteiger partial charge in [0.25, 0.3) is 0 Å². The van der Waals surface area contributed by atoms with Gasteiger partial charge in [-0.25, -0.2) is 12.7 Å². The molecule has 0 amide bonds. The summed E-state index contributed by atoms with van der Waals surface area (Å²) in [5, 5.41) is 9.46. The van der Waals surface area contributed by atoms with Gasteiger partial charge >= 0.3 is 11.9 Å². The van der Waals surface area contributed by atoms with E-state index in [0.29, 0.717) is 32.2 Å². The molecule has 21 heavy (non-hydrogen) atoms. The minimum Gasteiger partial charge on any atom is -0.481 e. The first-order valence-electron chi connectivity index (χ1n) is 7.05. The quantitative estimate of drug-likeness (QED) is 0.698. The molecule has 0 aromatic rings. The molecule has 1 rings (SSSR count). The minimum absolute atomic E-state index is 0.0142. The smallest absolute Gasteiger partial charge is 0.310 e. The Morgan fingerprint density at radius 1 is 1.38 bits per heavy atom. The Balaban J connectivity index is 2.83. The SMILES string of the molecule is CCCC1(C(=O)O)CCCN(S(=O)(=O)CCC(=O)OC)C1. The van der Waals surface area contributed by atoms with Crippen LogP contribution in [0.25, 0.3) is 0 Å². The van der Waals surface area contributed by atoms with E-state index in [0.717, 1.165) is 0 Å². The van der Waals surface area contributed by atoms with E-state index >= 15 is 0 Å². The van der Waals surface area contributed by atoms with Crippen molar-refractivity contribution in [2.45, 2.75) is 39.0 Å². The van der Waals surface area contributed by atoms with E-state index in [4.69, 9.17) is 0 Å². The number of piperidine rings is 1. The van der Waals surface area contributed by atoms with Gasteiger partial charge in [0.2, 0.25) is 10.0 Å². The highest BCUT2D eigenvalue weighted by Crippen LogP contribution is 2.36. The van der Waals surface area contributed by atoms with E-state index in [2.05, 4.69) is 4.74 Å². The van der Waals surface area contributed by atoms with Crippen molar-refractivity contribution in [1.29, 1.82) is 0 Å². The Hall–Kier alpha value is -1.15. The van der Waals surface area contributed by atoms with Crippen molar-refractivity contribution >= 4 is 22.0 Å². The van der Waals surface area contributed by atoms with Crippen LogP contribution in [0.4, 0.5) is 0 Å². The highest BCUT2D eigenvalue weighted by Gasteiger charge is 2.44. The van der Waals surface area contributed by atoms with E-state index in [-0.39, 0.29) is 18.7 Å². The maximum absolute atomic E-state index is 12.2. The molecule has 0 radical (unpaired) electrons. The molecule has 0 aromatic heterocycles. The topological polar surface area (TPSA) is 101 Å². The first-order chi connectivity index (χ1) is 9.77. The molecule has 122 valence electrons. The van der Waals surface area contributed by atoms with E-state index in [1.54, 1.807) is 0 Å². The molecule has 0 saturated carbocycles. The van der Waals surface area contributed by atoms with Gasteiger partial charge in [0, 0.05) is 13.1 Å². The average molecular weight is 321 g/mol. The lowest BCUT2D eigenvalue weighted by Crippen LogP contribution is -2.50. The maximum atomic E-state index is 12.2. The number of esters is 1. The summed E-state index contributed by atoms with van der Waals surface area (Å²) in [6.45, 7) is 2.18. The average Bonchev–Trinajstić information content (AvgIpc) is 2.45. The van der Waals surface area contributed by atoms with Crippen molar-refractivity contribution in [3.63, 3.8) is 0 Å². The van der Waals surface area contributed by atoms with Crippen LogP contribution < -0.4 is 0 Å². The standard InChI is InChI=1S/C13H23NO6S/c1-3-6-13(12(16)17)7-4-8-14(10-13)21(18,19)9-5-11(15)20-2/h3-10H2,1-2H3,(H,16,17). The first-order valence-corrected chi connectivity index (χ1v) is 8.66. The van der Waals surface area contributed by atoms with Crippen LogP contribution >= 0.6 is 0 Å². The largest absolute Gasteiger partial charge is 0.481 e. The van der Waals surface area contributed by atoms with Gasteiger partial charge in [-0.05, 0) is 19.3 Å². The van der Waals surface area contributed by atoms with Crippen LogP contribution in [0.15, 0.2) is 0 Å². The summed E-state index contributed by atoms with van der Waals surface area (Å²) in [5.74, 6) is -1.88. The van der Waals surface area contributed by atoms with Crippen LogP contribution in [-0.4, -0.2) is 55.7 Å². The number of carbonyl (C=O) groups excluding carboxylic acids is 1. The second kappa shape index (κ2) is 7.22. The fourth-order valence-corrected chi connectivity index (χ4v) is 4.27. The number of sulfonamides is 1. The Bertz CT molecular complexity index is 485. The number of ether oxygens (including phenoxy) is 1. The van der Waals surface area contributed by atoms with Crippen LogP contribution in [0.3, 0.4) is 0 Å². The lowest BCUT2D eigenvalue weighted by molar-refractivity contribution is -0.152. The first kappa shape index (κ1) is 17.9. The summed E-state index contributed by atoms with van der Waals surface area (Å²) in [6, 6.07) is 0. The monoisotopic (exact) mass is 321 g/mol. The summed E-state index contributed by atoms with van der Waals surface area (Å²) in [6.07, 6.45) is 1.92. The van der Waals surface area contributed by atoms with Gasteiger partial charge < -0.3 is 9.84 Å². The molecule has 7 nitrogen and oxygen atoms in total. The van der Waals surface area contributed by atoms with Gasteiger partial charge in [-0.15, -0.1) is 0 Å². The molecule has 1 aliphatic heterocycles. The van der Waals surface area contributed by atoms with E-state index in [9.17, 15) is 23.1 Å². The number of carboxylic acid groups (broad SMARTS) is 1. The highest BCUT2D eigenvalue weighted by atomic mass is 32.2. The third kappa shape index (κ3) is 4.41. The molecule has 0 aromatic carbocycles. The van der Waals surface area contributed by atoms with Gasteiger partial charge in [0.05, 0.1) is 24.7 Å². The summed E-state index contributed by atoms with van der Waals surface area (Å²) in [5.41, 5.74) is -1.01. The second-order valence-electron chi connectivity index (χ2n) is 5.41. The minimum atomic E-state index is -3.64. The molecule has 0 aliphatic carbocycles. The normalized spacial score (nSPS) is 23.7. The van der Waals surface area contributed by atoms with Crippen LogP contribution in [0.1, 0.15) is 39.0 Å². The van der Waals surface area contributed by atoms with Crippen molar-refractivity contribution in [3.05, 3.63) is 0 Å². The van der Waals surface area contributed by atoms with Gasteiger partial charge in [-0.1, -0.05) is 13.3 Å². The van der Waals surface area contributed by atoms with Gasteiger partial charge in [0.15, 0.2) is 0 Å². The summed E-state index contributed by atoms with van der Waals surface area (Å²) in [4.78, 5) is 22.6. The van der Waals surface area contributed by atoms with Crippen LogP contribution in [-0.2, 0) is 24.3 Å². The van der Waals surface area contributed by atoms with Gasteiger partial charge in [0.1, 0.15) is 0 Å². The van der Waals surface area contributed by atoms with Crippen molar-refractivity contribution < 1.29 is 27.9 Å². The van der Waals surface area contributed by atoms with Gasteiger partial charge in [-0.3, -0.25) is 9.59 Å². The molecule has 1 fully saturated rings. The predicted molar refractivity (Wildman–Crippen MR) is 76.2 cm³/mol. The van der Waals surface area contributed by atoms with Crippen molar-refractivity contribution in [2.75, 3.05) is 26.0 Å². The third-order valence-electron chi connectivity index (χ3n) is 3.91. The number of hydrogen-bond acceptors (Lipinski definition) is 5. The van der Waals surface area contributed by atoms with E-state index in [1.165, 1.54) is 11.4 Å². The molecular formula is C13H23NO6S. The molecule has 0 spiro atoms. The number of carboxylic acids is 1.